The molecule has 0 fully saturated rings. The van der Waals surface area contributed by atoms with Gasteiger partial charge in [-0.1, -0.05) is 12.1 Å². The van der Waals surface area contributed by atoms with E-state index in [-0.39, 0.29) is 10.9 Å². The van der Waals surface area contributed by atoms with Gasteiger partial charge in [0.25, 0.3) is 0 Å². The Morgan fingerprint density at radius 3 is 2.79 bits per heavy atom. The van der Waals surface area contributed by atoms with Crippen LogP contribution in [0, 0.1) is 0 Å². The third-order valence-electron chi connectivity index (χ3n) is 3.59. The molecule has 0 radical (unpaired) electrons. The van der Waals surface area contributed by atoms with Crippen molar-refractivity contribution in [3.63, 3.8) is 0 Å². The first-order chi connectivity index (χ1) is 11.5. The van der Waals surface area contributed by atoms with E-state index >= 15 is 0 Å². The molecule has 0 spiro atoms. The van der Waals surface area contributed by atoms with Gasteiger partial charge in [0, 0.05) is 17.8 Å². The van der Waals surface area contributed by atoms with Crippen molar-refractivity contribution >= 4 is 20.7 Å². The average Bonchev–Trinajstić information content (AvgIpc) is 3.24. The number of hydrogen-bond donors (Lipinski definition) is 2. The molecule has 4 rings (SSSR count). The summed E-state index contributed by atoms with van der Waals surface area (Å²) in [6, 6.07) is 7.38. The van der Waals surface area contributed by atoms with Gasteiger partial charge in [-0.2, -0.15) is 10.3 Å². The van der Waals surface area contributed by atoms with E-state index in [4.69, 9.17) is 0 Å². The number of pyridine rings is 1. The number of hydrogen-bond acceptors (Lipinski definition) is 7. The van der Waals surface area contributed by atoms with Gasteiger partial charge in [-0.15, -0.1) is 10.2 Å². The molecule has 0 unspecified atom stereocenters. The van der Waals surface area contributed by atoms with E-state index in [0.29, 0.717) is 11.1 Å². The Labute approximate surface area is 136 Å². The summed E-state index contributed by atoms with van der Waals surface area (Å²) in [6.07, 6.45) is 4.26. The van der Waals surface area contributed by atoms with Crippen LogP contribution < -0.4 is 0 Å². The Bertz CT molecular complexity index is 1130. The fourth-order valence-corrected chi connectivity index (χ4v) is 3.38. The average molecular weight is 341 g/mol. The molecule has 0 saturated heterocycles. The Kier molecular flexibility index (Phi) is 3.13. The molecule has 4 aromatic rings. The van der Waals surface area contributed by atoms with Crippen LogP contribution in [-0.4, -0.2) is 50.5 Å². The number of sulfone groups is 1. The van der Waals surface area contributed by atoms with Crippen molar-refractivity contribution in [2.45, 2.75) is 5.03 Å². The minimum Gasteiger partial charge on any atom is -0.278 e. The molecule has 3 aromatic heterocycles. The number of benzene rings is 1. The quantitative estimate of drug-likeness (QED) is 0.572. The Morgan fingerprint density at radius 2 is 2.04 bits per heavy atom. The van der Waals surface area contributed by atoms with E-state index in [1.54, 1.807) is 12.3 Å². The topological polar surface area (TPSA) is 130 Å². The van der Waals surface area contributed by atoms with Crippen molar-refractivity contribution in [1.82, 2.24) is 35.8 Å². The Balaban J connectivity index is 2.05. The zero-order valence-corrected chi connectivity index (χ0v) is 13.2. The smallest absolute Gasteiger partial charge is 0.208 e. The summed E-state index contributed by atoms with van der Waals surface area (Å²) in [4.78, 5) is 4.01. The van der Waals surface area contributed by atoms with Gasteiger partial charge in [0.05, 0.1) is 17.3 Å². The molecule has 2 N–H and O–H groups in total. The molecule has 0 amide bonds. The maximum Gasteiger partial charge on any atom is 0.208 e. The van der Waals surface area contributed by atoms with Crippen LogP contribution in [0.25, 0.3) is 33.4 Å². The first-order valence-electron chi connectivity index (χ1n) is 6.90. The highest BCUT2D eigenvalue weighted by Crippen LogP contribution is 2.34. The number of aromatic amines is 2. The summed E-state index contributed by atoms with van der Waals surface area (Å²) in [7, 11) is -3.57. The first-order valence-corrected chi connectivity index (χ1v) is 8.79. The summed E-state index contributed by atoms with van der Waals surface area (Å²) >= 11 is 0. The lowest BCUT2D eigenvalue weighted by molar-refractivity contribution is 0.598. The van der Waals surface area contributed by atoms with Gasteiger partial charge in [0.2, 0.25) is 5.82 Å². The second-order valence-corrected chi connectivity index (χ2v) is 7.15. The summed E-state index contributed by atoms with van der Waals surface area (Å²) in [5.41, 5.74) is 2.58. The number of H-pyrrole nitrogens is 2. The molecule has 24 heavy (non-hydrogen) atoms. The van der Waals surface area contributed by atoms with E-state index in [9.17, 15) is 8.42 Å². The van der Waals surface area contributed by atoms with E-state index < -0.39 is 9.84 Å². The van der Waals surface area contributed by atoms with Gasteiger partial charge in [-0.3, -0.25) is 5.10 Å². The normalized spacial score (nSPS) is 11.9. The number of nitrogens with one attached hydrogen (secondary N) is 2. The number of tetrazole rings is 1. The molecule has 10 heteroatoms. The highest BCUT2D eigenvalue weighted by atomic mass is 32.2. The third-order valence-corrected chi connectivity index (χ3v) is 4.60. The number of aromatic nitrogens is 7. The van der Waals surface area contributed by atoms with Crippen molar-refractivity contribution in [2.24, 2.45) is 0 Å². The standard InChI is InChI=1S/C14H11N7O2S/c1-24(22,23)14-12(13-18-20-21-19-13)10(4-5-15-14)8-2-3-9-7-16-17-11(9)6-8/h2-7H,1H3,(H,16,17)(H,18,19,20,21). The fraction of sp³-hybridized carbons (Fsp3) is 0.0714. The summed E-state index contributed by atoms with van der Waals surface area (Å²) in [5, 5.41) is 21.5. The molecule has 0 aliphatic rings. The SMILES string of the molecule is CS(=O)(=O)c1nccc(-c2ccc3cn[nH]c3c2)c1-c1nn[nH]n1. The predicted molar refractivity (Wildman–Crippen MR) is 85.6 cm³/mol. The molecule has 3 heterocycles. The van der Waals surface area contributed by atoms with Crippen molar-refractivity contribution in [1.29, 1.82) is 0 Å². The monoisotopic (exact) mass is 341 g/mol. The number of rotatable bonds is 3. The summed E-state index contributed by atoms with van der Waals surface area (Å²) < 4.78 is 24.3. The summed E-state index contributed by atoms with van der Waals surface area (Å²) in [5.74, 6) is 0.170. The van der Waals surface area contributed by atoms with Gasteiger partial charge < -0.3 is 0 Å². The Hall–Kier alpha value is -3.14. The largest absolute Gasteiger partial charge is 0.278 e. The lowest BCUT2D eigenvalue weighted by Crippen LogP contribution is -2.05. The second kappa shape index (κ2) is 5.20. The van der Waals surface area contributed by atoms with Gasteiger partial charge in [-0.25, -0.2) is 13.4 Å². The van der Waals surface area contributed by atoms with E-state index in [2.05, 4.69) is 35.8 Å². The molecular weight excluding hydrogens is 330 g/mol. The zero-order valence-electron chi connectivity index (χ0n) is 12.4. The molecule has 0 bridgehead atoms. The van der Waals surface area contributed by atoms with Crippen LogP contribution in [0.15, 0.2) is 41.7 Å². The minimum absolute atomic E-state index is 0.0916. The lowest BCUT2D eigenvalue weighted by Gasteiger charge is -2.10. The predicted octanol–water partition coefficient (Wildman–Crippen LogP) is 1.21. The van der Waals surface area contributed by atoms with E-state index in [0.717, 1.165) is 22.7 Å². The van der Waals surface area contributed by atoms with Crippen molar-refractivity contribution < 1.29 is 8.42 Å². The number of fused-ring (bicyclic) bond motifs is 1. The van der Waals surface area contributed by atoms with Crippen molar-refractivity contribution in [3.05, 3.63) is 36.7 Å². The molecule has 0 atom stereocenters. The van der Waals surface area contributed by atoms with Crippen LogP contribution in [0.4, 0.5) is 0 Å². The van der Waals surface area contributed by atoms with E-state index in [1.165, 1.54) is 6.20 Å². The van der Waals surface area contributed by atoms with Gasteiger partial charge in [0.15, 0.2) is 14.9 Å². The molecular formula is C14H11N7O2S. The lowest BCUT2D eigenvalue weighted by atomic mass is 10.0. The molecule has 0 aliphatic heterocycles. The van der Waals surface area contributed by atoms with Gasteiger partial charge in [0.1, 0.15) is 0 Å². The van der Waals surface area contributed by atoms with Crippen LogP contribution in [0.3, 0.4) is 0 Å². The minimum atomic E-state index is -3.57. The van der Waals surface area contributed by atoms with Gasteiger partial charge in [-0.05, 0) is 28.5 Å². The maximum absolute atomic E-state index is 12.1. The van der Waals surface area contributed by atoms with Crippen LogP contribution in [-0.2, 0) is 9.84 Å². The maximum atomic E-state index is 12.1. The highest BCUT2D eigenvalue weighted by molar-refractivity contribution is 7.90. The third kappa shape index (κ3) is 2.33. The van der Waals surface area contributed by atoms with Crippen molar-refractivity contribution in [3.8, 4) is 22.5 Å². The molecule has 1 aromatic carbocycles. The zero-order chi connectivity index (χ0) is 16.7. The van der Waals surface area contributed by atoms with Crippen LogP contribution in [0.1, 0.15) is 0 Å². The first kappa shape index (κ1) is 14.5. The number of nitrogens with zero attached hydrogens (tertiary/aromatic N) is 5. The fourth-order valence-electron chi connectivity index (χ4n) is 2.55. The van der Waals surface area contributed by atoms with Gasteiger partial charge >= 0.3 is 0 Å². The highest BCUT2D eigenvalue weighted by Gasteiger charge is 2.23. The molecule has 9 nitrogen and oxygen atoms in total. The summed E-state index contributed by atoms with van der Waals surface area (Å²) in [6.45, 7) is 0. The van der Waals surface area contributed by atoms with E-state index in [1.807, 2.05) is 18.2 Å². The van der Waals surface area contributed by atoms with Crippen LogP contribution in [0.5, 0.6) is 0 Å². The molecule has 120 valence electrons. The van der Waals surface area contributed by atoms with Crippen molar-refractivity contribution in [2.75, 3.05) is 6.26 Å². The Morgan fingerprint density at radius 1 is 1.17 bits per heavy atom. The molecule has 0 aliphatic carbocycles. The second-order valence-electron chi connectivity index (χ2n) is 5.22. The van der Waals surface area contributed by atoms with Crippen LogP contribution in [0.2, 0.25) is 0 Å². The molecule has 0 saturated carbocycles. The van der Waals surface area contributed by atoms with Crippen LogP contribution >= 0.6 is 0 Å².